The summed E-state index contributed by atoms with van der Waals surface area (Å²) in [7, 11) is 0. The molecule has 0 bridgehead atoms. The number of hydrogen-bond acceptors (Lipinski definition) is 2. The second-order valence-corrected chi connectivity index (χ2v) is 4.32. The summed E-state index contributed by atoms with van der Waals surface area (Å²) < 4.78 is 5.71. The number of halogens is 1. The van der Waals surface area contributed by atoms with Gasteiger partial charge >= 0.3 is 0 Å². The molecule has 0 unspecified atom stereocenters. The van der Waals surface area contributed by atoms with E-state index in [4.69, 9.17) is 16.3 Å². The highest BCUT2D eigenvalue weighted by molar-refractivity contribution is 6.17. The first kappa shape index (κ1) is 10.7. The molecule has 0 amide bonds. The highest BCUT2D eigenvalue weighted by atomic mass is 35.5. The van der Waals surface area contributed by atoms with Gasteiger partial charge in [0, 0.05) is 18.0 Å². The summed E-state index contributed by atoms with van der Waals surface area (Å²) in [5, 5.41) is 0. The Kier molecular flexibility index (Phi) is 3.84. The van der Waals surface area contributed by atoms with Gasteiger partial charge in [0.1, 0.15) is 5.75 Å². The largest absolute Gasteiger partial charge is 0.493 e. The number of nitrogens with zero attached hydrogens (tertiary/aromatic N) is 1. The maximum atomic E-state index is 5.79. The Labute approximate surface area is 95.6 Å². The number of hydrogen-bond donors (Lipinski definition) is 0. The van der Waals surface area contributed by atoms with Crippen LogP contribution >= 0.6 is 11.6 Å². The second-order valence-electron chi connectivity index (χ2n) is 4.05. The molecule has 1 aromatic rings. The van der Waals surface area contributed by atoms with E-state index in [0.717, 1.165) is 23.8 Å². The fraction of sp³-hybridized carbons (Fsp3) is 0.583. The highest BCUT2D eigenvalue weighted by Gasteiger charge is 2.17. The average molecular weight is 226 g/mol. The highest BCUT2D eigenvalue weighted by Crippen LogP contribution is 2.29. The van der Waals surface area contributed by atoms with Crippen molar-refractivity contribution in [3.63, 3.8) is 0 Å². The number of rotatable bonds is 5. The third kappa shape index (κ3) is 2.85. The molecule has 1 heterocycles. The number of pyridine rings is 1. The zero-order valence-electron chi connectivity index (χ0n) is 8.79. The predicted molar refractivity (Wildman–Crippen MR) is 61.2 cm³/mol. The minimum Gasteiger partial charge on any atom is -0.493 e. The molecule has 0 N–H and O–H groups in total. The van der Waals surface area contributed by atoms with Crippen molar-refractivity contribution in [2.24, 2.45) is 5.92 Å². The Bertz CT molecular complexity index is 312. The molecule has 1 fully saturated rings. The lowest BCUT2D eigenvalue weighted by atomic mass is 9.83. The minimum atomic E-state index is 0.465. The first-order valence-corrected chi connectivity index (χ1v) is 6.05. The van der Waals surface area contributed by atoms with Crippen LogP contribution in [0.4, 0.5) is 0 Å². The number of ether oxygens (including phenoxy) is 1. The van der Waals surface area contributed by atoms with E-state index in [1.54, 1.807) is 12.4 Å². The Morgan fingerprint density at radius 3 is 3.00 bits per heavy atom. The molecule has 2 rings (SSSR count). The van der Waals surface area contributed by atoms with Gasteiger partial charge in [0.05, 0.1) is 12.5 Å². The van der Waals surface area contributed by atoms with E-state index < -0.39 is 0 Å². The van der Waals surface area contributed by atoms with Crippen molar-refractivity contribution in [3.05, 3.63) is 24.0 Å². The van der Waals surface area contributed by atoms with Crippen LogP contribution in [0.3, 0.4) is 0 Å². The van der Waals surface area contributed by atoms with Gasteiger partial charge in [0.25, 0.3) is 0 Å². The smallest absolute Gasteiger partial charge is 0.126 e. The molecule has 0 aliphatic heterocycles. The lowest BCUT2D eigenvalue weighted by Gasteiger charge is -2.25. The third-order valence-electron chi connectivity index (χ3n) is 3.01. The van der Waals surface area contributed by atoms with Crippen molar-refractivity contribution in [2.75, 3.05) is 6.61 Å². The van der Waals surface area contributed by atoms with E-state index >= 15 is 0 Å². The molecule has 3 heteroatoms. The van der Waals surface area contributed by atoms with Crippen LogP contribution in [0.2, 0.25) is 0 Å². The van der Waals surface area contributed by atoms with E-state index in [0.29, 0.717) is 5.88 Å². The lowest BCUT2D eigenvalue weighted by molar-refractivity contribution is 0.221. The van der Waals surface area contributed by atoms with Gasteiger partial charge in [-0.05, 0) is 18.4 Å². The molecule has 1 saturated carbocycles. The second kappa shape index (κ2) is 5.36. The van der Waals surface area contributed by atoms with Crippen LogP contribution in [-0.4, -0.2) is 11.6 Å². The quantitative estimate of drug-likeness (QED) is 0.717. The summed E-state index contributed by atoms with van der Waals surface area (Å²) in [5.41, 5.74) is 0.979. The Balaban J connectivity index is 1.81. The normalized spacial score (nSPS) is 16.1. The zero-order valence-corrected chi connectivity index (χ0v) is 9.54. The van der Waals surface area contributed by atoms with E-state index in [1.165, 1.54) is 25.7 Å². The van der Waals surface area contributed by atoms with Crippen molar-refractivity contribution < 1.29 is 4.74 Å². The van der Waals surface area contributed by atoms with Crippen LogP contribution in [0.1, 0.15) is 31.2 Å². The van der Waals surface area contributed by atoms with Gasteiger partial charge in [-0.2, -0.15) is 0 Å². The first-order valence-electron chi connectivity index (χ1n) is 5.52. The molecule has 1 aromatic heterocycles. The topological polar surface area (TPSA) is 22.1 Å². The van der Waals surface area contributed by atoms with Crippen molar-refractivity contribution in [1.82, 2.24) is 4.98 Å². The van der Waals surface area contributed by atoms with Crippen molar-refractivity contribution in [1.29, 1.82) is 0 Å². The van der Waals surface area contributed by atoms with Gasteiger partial charge in [-0.15, -0.1) is 11.6 Å². The number of alkyl halides is 1. The molecule has 0 radical (unpaired) electrons. The molecule has 0 atom stereocenters. The molecular weight excluding hydrogens is 210 g/mol. The summed E-state index contributed by atoms with van der Waals surface area (Å²) >= 11 is 5.79. The molecule has 15 heavy (non-hydrogen) atoms. The van der Waals surface area contributed by atoms with Crippen molar-refractivity contribution in [3.8, 4) is 5.75 Å². The van der Waals surface area contributed by atoms with Gasteiger partial charge in [-0.3, -0.25) is 4.98 Å². The Morgan fingerprint density at radius 2 is 2.33 bits per heavy atom. The zero-order chi connectivity index (χ0) is 10.5. The third-order valence-corrected chi connectivity index (χ3v) is 3.30. The van der Waals surface area contributed by atoms with E-state index in [1.807, 2.05) is 6.07 Å². The van der Waals surface area contributed by atoms with Crippen LogP contribution in [0.5, 0.6) is 5.75 Å². The minimum absolute atomic E-state index is 0.465. The molecular formula is C12H16ClNO. The monoisotopic (exact) mass is 225 g/mol. The fourth-order valence-electron chi connectivity index (χ4n) is 1.77. The summed E-state index contributed by atoms with van der Waals surface area (Å²) in [6.07, 6.45) is 8.83. The fourth-order valence-corrected chi connectivity index (χ4v) is 1.97. The van der Waals surface area contributed by atoms with E-state index in [-0.39, 0.29) is 0 Å². The number of aromatic nitrogens is 1. The summed E-state index contributed by atoms with van der Waals surface area (Å²) in [4.78, 5) is 4.02. The summed E-state index contributed by atoms with van der Waals surface area (Å²) in [6.45, 7) is 0.804. The van der Waals surface area contributed by atoms with E-state index in [9.17, 15) is 0 Å². The van der Waals surface area contributed by atoms with Crippen LogP contribution in [-0.2, 0) is 5.88 Å². The first-order chi connectivity index (χ1) is 7.40. The Morgan fingerprint density at radius 1 is 1.47 bits per heavy atom. The molecule has 82 valence electrons. The molecule has 0 aromatic carbocycles. The van der Waals surface area contributed by atoms with Gasteiger partial charge in [0.15, 0.2) is 0 Å². The lowest BCUT2D eigenvalue weighted by Crippen LogP contribution is -2.14. The summed E-state index contributed by atoms with van der Waals surface area (Å²) in [6, 6.07) is 1.89. The van der Waals surface area contributed by atoms with Crippen LogP contribution in [0.15, 0.2) is 18.5 Å². The van der Waals surface area contributed by atoms with Gasteiger partial charge in [-0.25, -0.2) is 0 Å². The van der Waals surface area contributed by atoms with Gasteiger partial charge in [-0.1, -0.05) is 19.3 Å². The molecule has 0 saturated heterocycles. The maximum Gasteiger partial charge on any atom is 0.126 e. The molecule has 1 aliphatic rings. The summed E-state index contributed by atoms with van der Waals surface area (Å²) in [5.74, 6) is 2.25. The SMILES string of the molecule is ClCc1cnccc1OCCC1CCC1. The Hall–Kier alpha value is -0.760. The average Bonchev–Trinajstić information content (AvgIpc) is 2.22. The van der Waals surface area contributed by atoms with Crippen LogP contribution in [0.25, 0.3) is 0 Å². The van der Waals surface area contributed by atoms with Crippen molar-refractivity contribution in [2.45, 2.75) is 31.6 Å². The predicted octanol–water partition coefficient (Wildman–Crippen LogP) is 3.39. The van der Waals surface area contributed by atoms with E-state index in [2.05, 4.69) is 4.98 Å². The molecule has 2 nitrogen and oxygen atoms in total. The van der Waals surface area contributed by atoms with Crippen LogP contribution in [0, 0.1) is 5.92 Å². The maximum absolute atomic E-state index is 5.79. The molecule has 0 spiro atoms. The van der Waals surface area contributed by atoms with Gasteiger partial charge < -0.3 is 4.74 Å². The molecule has 1 aliphatic carbocycles. The van der Waals surface area contributed by atoms with Gasteiger partial charge in [0.2, 0.25) is 0 Å². The van der Waals surface area contributed by atoms with Crippen LogP contribution < -0.4 is 4.74 Å². The van der Waals surface area contributed by atoms with Crippen molar-refractivity contribution >= 4 is 11.6 Å². The standard InChI is InChI=1S/C12H16ClNO/c13-8-11-9-14-6-4-12(11)15-7-5-10-2-1-3-10/h4,6,9-10H,1-3,5,7-8H2.